The summed E-state index contributed by atoms with van der Waals surface area (Å²) in [5.74, 6) is -0.657. The molecule has 20 heavy (non-hydrogen) atoms. The van der Waals surface area contributed by atoms with Gasteiger partial charge in [0.1, 0.15) is 11.4 Å². The van der Waals surface area contributed by atoms with Crippen LogP contribution in [0.5, 0.6) is 0 Å². The molecular weight excluding hydrogens is 268 g/mol. The summed E-state index contributed by atoms with van der Waals surface area (Å²) in [5, 5.41) is 9.56. The summed E-state index contributed by atoms with van der Waals surface area (Å²) in [6, 6.07) is 0. The number of nitrogens with zero attached hydrogens (tertiary/aromatic N) is 3. The lowest BCUT2D eigenvalue weighted by Crippen LogP contribution is -2.50. The normalized spacial score (nSPS) is 23.6. The number of aliphatic carboxylic acids is 1. The molecule has 0 aromatic carbocycles. The summed E-state index contributed by atoms with van der Waals surface area (Å²) in [5.41, 5.74) is -0.937. The molecule has 0 spiro atoms. The maximum Gasteiger partial charge on any atom is 0.324 e. The van der Waals surface area contributed by atoms with Crippen molar-refractivity contribution in [2.45, 2.75) is 51.2 Å². The highest BCUT2D eigenvalue weighted by molar-refractivity contribution is 5.79. The van der Waals surface area contributed by atoms with Gasteiger partial charge in [-0.25, -0.2) is 4.98 Å². The van der Waals surface area contributed by atoms with Crippen molar-refractivity contribution in [1.82, 2.24) is 14.5 Å². The van der Waals surface area contributed by atoms with Gasteiger partial charge < -0.3 is 5.11 Å². The third-order valence-corrected chi connectivity index (χ3v) is 3.98. The van der Waals surface area contributed by atoms with E-state index >= 15 is 0 Å². The molecule has 0 bridgehead atoms. The fourth-order valence-electron chi connectivity index (χ4n) is 3.03. The monoisotopic (exact) mass is 287 g/mol. The van der Waals surface area contributed by atoms with Crippen LogP contribution in [-0.4, -0.2) is 37.6 Å². The molecule has 1 aliphatic heterocycles. The standard InChI is InChI=1S/C13H19F2N3O2/c1-2-4-13(11(19)20)5-3-7-17(13)9-10-16-6-8-18(10)12(14)15/h6,8,12H,2-5,7,9H2,1H3,(H,19,20). The van der Waals surface area contributed by atoms with E-state index in [0.717, 1.165) is 17.4 Å². The smallest absolute Gasteiger partial charge is 0.324 e. The minimum absolute atomic E-state index is 0.142. The van der Waals surface area contributed by atoms with Crippen molar-refractivity contribution < 1.29 is 18.7 Å². The van der Waals surface area contributed by atoms with Crippen molar-refractivity contribution in [2.24, 2.45) is 0 Å². The molecule has 2 rings (SSSR count). The highest BCUT2D eigenvalue weighted by Crippen LogP contribution is 2.35. The second-order valence-electron chi connectivity index (χ2n) is 5.14. The number of halogens is 2. The Balaban J connectivity index is 2.22. The van der Waals surface area contributed by atoms with E-state index in [1.807, 2.05) is 6.92 Å². The molecule has 1 aromatic heterocycles. The zero-order chi connectivity index (χ0) is 14.8. The number of hydrogen-bond donors (Lipinski definition) is 1. The molecule has 1 unspecified atom stereocenters. The van der Waals surface area contributed by atoms with Crippen molar-refractivity contribution in [3.63, 3.8) is 0 Å². The third-order valence-electron chi connectivity index (χ3n) is 3.98. The second-order valence-corrected chi connectivity index (χ2v) is 5.14. The summed E-state index contributed by atoms with van der Waals surface area (Å²) in [6.07, 6.45) is 5.13. The Hall–Kier alpha value is -1.50. The number of rotatable bonds is 6. The average Bonchev–Trinajstić information content (AvgIpc) is 2.98. The molecule has 7 heteroatoms. The minimum Gasteiger partial charge on any atom is -0.480 e. The van der Waals surface area contributed by atoms with E-state index in [0.29, 0.717) is 19.4 Å². The fourth-order valence-corrected chi connectivity index (χ4v) is 3.03. The van der Waals surface area contributed by atoms with E-state index in [1.54, 1.807) is 4.90 Å². The van der Waals surface area contributed by atoms with Gasteiger partial charge in [-0.1, -0.05) is 13.3 Å². The maximum atomic E-state index is 12.8. The molecule has 1 atom stereocenters. The number of carboxylic acids is 1. The minimum atomic E-state index is -2.65. The zero-order valence-electron chi connectivity index (χ0n) is 11.4. The van der Waals surface area contributed by atoms with Gasteiger partial charge in [-0.2, -0.15) is 8.78 Å². The van der Waals surface area contributed by atoms with Crippen LogP contribution in [0.4, 0.5) is 8.78 Å². The Bertz CT molecular complexity index is 478. The van der Waals surface area contributed by atoms with Gasteiger partial charge in [-0.05, 0) is 25.8 Å². The van der Waals surface area contributed by atoms with Crippen LogP contribution in [0.3, 0.4) is 0 Å². The first-order chi connectivity index (χ1) is 9.51. The van der Waals surface area contributed by atoms with Gasteiger partial charge in [-0.3, -0.25) is 14.3 Å². The van der Waals surface area contributed by atoms with Crippen LogP contribution in [-0.2, 0) is 11.3 Å². The van der Waals surface area contributed by atoms with Gasteiger partial charge in [0.25, 0.3) is 0 Å². The van der Waals surface area contributed by atoms with Crippen molar-refractivity contribution in [3.05, 3.63) is 18.2 Å². The van der Waals surface area contributed by atoms with Gasteiger partial charge in [0, 0.05) is 12.4 Å². The lowest BCUT2D eigenvalue weighted by Gasteiger charge is -2.34. The van der Waals surface area contributed by atoms with Crippen LogP contribution in [0.2, 0.25) is 0 Å². The van der Waals surface area contributed by atoms with Crippen molar-refractivity contribution in [3.8, 4) is 0 Å². The third kappa shape index (κ3) is 2.54. The van der Waals surface area contributed by atoms with E-state index in [2.05, 4.69) is 4.98 Å². The predicted molar refractivity (Wildman–Crippen MR) is 68.4 cm³/mol. The first kappa shape index (κ1) is 14.9. The molecule has 0 saturated carbocycles. The number of imidazole rings is 1. The molecule has 1 saturated heterocycles. The largest absolute Gasteiger partial charge is 0.480 e. The molecule has 112 valence electrons. The molecule has 1 aliphatic rings. The highest BCUT2D eigenvalue weighted by Gasteiger charge is 2.47. The van der Waals surface area contributed by atoms with Crippen LogP contribution in [0.25, 0.3) is 0 Å². The first-order valence-electron chi connectivity index (χ1n) is 6.79. The SMILES string of the molecule is CCCC1(C(=O)O)CCCN1Cc1nccn1C(F)F. The molecule has 5 nitrogen and oxygen atoms in total. The lowest BCUT2D eigenvalue weighted by molar-refractivity contribution is -0.150. The zero-order valence-corrected chi connectivity index (χ0v) is 11.4. The van der Waals surface area contributed by atoms with E-state index in [1.165, 1.54) is 12.4 Å². The number of alkyl halides is 2. The van der Waals surface area contributed by atoms with Crippen LogP contribution in [0.15, 0.2) is 12.4 Å². The molecule has 0 aliphatic carbocycles. The molecule has 0 radical (unpaired) electrons. The van der Waals surface area contributed by atoms with Gasteiger partial charge in [0.05, 0.1) is 6.54 Å². The molecule has 1 fully saturated rings. The van der Waals surface area contributed by atoms with Crippen LogP contribution >= 0.6 is 0 Å². The van der Waals surface area contributed by atoms with E-state index in [9.17, 15) is 18.7 Å². The van der Waals surface area contributed by atoms with Crippen LogP contribution in [0.1, 0.15) is 45.0 Å². The molecule has 1 aromatic rings. The topological polar surface area (TPSA) is 58.4 Å². The molecule has 1 N–H and O–H groups in total. The Morgan fingerprint density at radius 1 is 1.60 bits per heavy atom. The van der Waals surface area contributed by atoms with E-state index < -0.39 is 18.1 Å². The Morgan fingerprint density at radius 2 is 2.35 bits per heavy atom. The summed E-state index contributed by atoms with van der Waals surface area (Å²) < 4.78 is 26.4. The van der Waals surface area contributed by atoms with Gasteiger partial charge >= 0.3 is 12.5 Å². The number of aromatic nitrogens is 2. The van der Waals surface area contributed by atoms with Gasteiger partial charge in [0.2, 0.25) is 0 Å². The van der Waals surface area contributed by atoms with Gasteiger partial charge in [0.15, 0.2) is 0 Å². The maximum absolute atomic E-state index is 12.8. The fraction of sp³-hybridized carbons (Fsp3) is 0.692. The number of likely N-dealkylation sites (tertiary alicyclic amines) is 1. The van der Waals surface area contributed by atoms with E-state index in [-0.39, 0.29) is 12.4 Å². The lowest BCUT2D eigenvalue weighted by atomic mass is 9.90. The van der Waals surface area contributed by atoms with Gasteiger partial charge in [-0.15, -0.1) is 0 Å². The molecule has 2 heterocycles. The van der Waals surface area contributed by atoms with Crippen molar-refractivity contribution in [2.75, 3.05) is 6.54 Å². The average molecular weight is 287 g/mol. The molecular formula is C13H19F2N3O2. The highest BCUT2D eigenvalue weighted by atomic mass is 19.3. The number of carbonyl (C=O) groups is 1. The number of carboxylic acid groups (broad SMARTS) is 1. The Morgan fingerprint density at radius 3 is 2.95 bits per heavy atom. The van der Waals surface area contributed by atoms with Crippen molar-refractivity contribution >= 4 is 5.97 Å². The van der Waals surface area contributed by atoms with Crippen molar-refractivity contribution in [1.29, 1.82) is 0 Å². The second kappa shape index (κ2) is 5.87. The first-order valence-corrected chi connectivity index (χ1v) is 6.79. The Labute approximate surface area is 116 Å². The predicted octanol–water partition coefficient (Wildman–Crippen LogP) is 2.50. The number of hydrogen-bond acceptors (Lipinski definition) is 3. The van der Waals surface area contributed by atoms with E-state index in [4.69, 9.17) is 0 Å². The summed E-state index contributed by atoms with van der Waals surface area (Å²) in [7, 11) is 0. The Kier molecular flexibility index (Phi) is 4.37. The summed E-state index contributed by atoms with van der Waals surface area (Å²) in [4.78, 5) is 17.4. The quantitative estimate of drug-likeness (QED) is 0.873. The van der Waals surface area contributed by atoms with Crippen LogP contribution in [0, 0.1) is 0 Å². The molecule has 0 amide bonds. The summed E-state index contributed by atoms with van der Waals surface area (Å²) >= 11 is 0. The summed E-state index contributed by atoms with van der Waals surface area (Å²) in [6.45, 7) is 0.0216. The van der Waals surface area contributed by atoms with Crippen LogP contribution < -0.4 is 0 Å².